The Morgan fingerprint density at radius 2 is 1.11 bits per heavy atom. The molecule has 10 atom stereocenters. The molecule has 4 aliphatic heterocycles. The molecule has 0 N–H and O–H groups in total. The van der Waals surface area contributed by atoms with Gasteiger partial charge in [0.05, 0.1) is 59.4 Å². The first-order valence-electron chi connectivity index (χ1n) is 21.0. The second kappa shape index (κ2) is 19.6. The van der Waals surface area contributed by atoms with Crippen molar-refractivity contribution < 1.29 is 61.6 Å². The number of benzene rings is 4. The van der Waals surface area contributed by atoms with E-state index < -0.39 is 73.0 Å². The fourth-order valence-corrected chi connectivity index (χ4v) is 8.33. The summed E-state index contributed by atoms with van der Waals surface area (Å²) in [5.74, 6) is -0.542. The van der Waals surface area contributed by atoms with Crippen molar-refractivity contribution >= 4 is 0 Å². The second-order valence-electron chi connectivity index (χ2n) is 16.5. The number of hydrogen-bond donors (Lipinski definition) is 0. The van der Waals surface area contributed by atoms with Gasteiger partial charge in [-0.05, 0) is 56.5 Å². The van der Waals surface area contributed by atoms with E-state index in [4.69, 9.17) is 61.6 Å². The van der Waals surface area contributed by atoms with Gasteiger partial charge < -0.3 is 61.6 Å². The van der Waals surface area contributed by atoms with Gasteiger partial charge in [-0.25, -0.2) is 0 Å². The Morgan fingerprint density at radius 1 is 0.541 bits per heavy atom. The maximum absolute atomic E-state index is 7.19. The standard InChI is InChI=1S/C48H58O13/c1-47(2)55-30-38(59-47)40-42(44-46(57-40)61-48(3,4)60-44)58-45-43(54-28-34-35(49-5)23-16-24-36(34)50-6)41(53-27-33-21-14-9-15-22-33)39(52-26-32-19-12-8-13-20-32)37(56-45)29-51-25-31-17-10-7-11-18-31/h7-24,37-46H,25-30H2,1-6H3/t37-,38-,39-,40-,41+,42+,43-,44-,45+,46?/m1/s1. The molecule has 0 aliphatic carbocycles. The van der Waals surface area contributed by atoms with E-state index >= 15 is 0 Å². The lowest BCUT2D eigenvalue weighted by Crippen LogP contribution is -2.63. The highest BCUT2D eigenvalue weighted by atomic mass is 16.9. The molecule has 13 nitrogen and oxygen atoms in total. The first-order chi connectivity index (χ1) is 29.6. The number of ether oxygens (including phenoxy) is 13. The molecule has 0 aromatic heterocycles. The Kier molecular flexibility index (Phi) is 14.0. The van der Waals surface area contributed by atoms with Crippen molar-refractivity contribution in [2.45, 2.75) is 127 Å². The molecule has 4 heterocycles. The van der Waals surface area contributed by atoms with E-state index in [1.807, 2.05) is 137 Å². The normalized spacial score (nSPS) is 30.3. The van der Waals surface area contributed by atoms with Crippen LogP contribution in [-0.4, -0.2) is 100 Å². The first-order valence-corrected chi connectivity index (χ1v) is 21.0. The van der Waals surface area contributed by atoms with Crippen LogP contribution in [0.3, 0.4) is 0 Å². The van der Waals surface area contributed by atoms with Crippen molar-refractivity contribution in [3.63, 3.8) is 0 Å². The number of fused-ring (bicyclic) bond motifs is 1. The van der Waals surface area contributed by atoms with E-state index in [0.29, 0.717) is 23.7 Å². The monoisotopic (exact) mass is 842 g/mol. The lowest BCUT2D eigenvalue weighted by Gasteiger charge is -2.47. The summed E-state index contributed by atoms with van der Waals surface area (Å²) in [6.07, 6.45) is -7.32. The van der Waals surface area contributed by atoms with E-state index in [1.165, 1.54) is 0 Å². The van der Waals surface area contributed by atoms with Crippen molar-refractivity contribution in [3.05, 3.63) is 131 Å². The summed E-state index contributed by atoms with van der Waals surface area (Å²) in [6.45, 7) is 8.85. The maximum atomic E-state index is 7.19. The van der Waals surface area contributed by atoms with Gasteiger partial charge in [0.2, 0.25) is 0 Å². The van der Waals surface area contributed by atoms with Gasteiger partial charge in [0.25, 0.3) is 0 Å². The molecule has 4 fully saturated rings. The summed E-state index contributed by atoms with van der Waals surface area (Å²) in [5, 5.41) is 0. The molecule has 0 radical (unpaired) electrons. The minimum Gasteiger partial charge on any atom is -0.496 e. The average Bonchev–Trinajstić information content (AvgIpc) is 3.90. The van der Waals surface area contributed by atoms with Crippen LogP contribution in [0.2, 0.25) is 0 Å². The molecule has 13 heteroatoms. The van der Waals surface area contributed by atoms with Crippen molar-refractivity contribution in [2.24, 2.45) is 0 Å². The van der Waals surface area contributed by atoms with Gasteiger partial charge in [0, 0.05) is 0 Å². The van der Waals surface area contributed by atoms with E-state index in [9.17, 15) is 0 Å². The summed E-state index contributed by atoms with van der Waals surface area (Å²) >= 11 is 0. The van der Waals surface area contributed by atoms with Gasteiger partial charge in [0.15, 0.2) is 24.2 Å². The molecule has 4 aliphatic rings. The fourth-order valence-electron chi connectivity index (χ4n) is 8.33. The molecule has 0 saturated carbocycles. The van der Waals surface area contributed by atoms with Crippen molar-refractivity contribution in [2.75, 3.05) is 27.4 Å². The van der Waals surface area contributed by atoms with Crippen LogP contribution in [0.1, 0.15) is 49.9 Å². The Hall–Kier alpha value is -3.96. The van der Waals surface area contributed by atoms with Gasteiger partial charge in [0.1, 0.15) is 60.3 Å². The van der Waals surface area contributed by atoms with Gasteiger partial charge in [-0.1, -0.05) is 97.1 Å². The number of rotatable bonds is 18. The molecule has 4 saturated heterocycles. The zero-order chi connectivity index (χ0) is 42.4. The van der Waals surface area contributed by atoms with Gasteiger partial charge in [-0.3, -0.25) is 0 Å². The summed E-state index contributed by atoms with van der Waals surface area (Å²) in [4.78, 5) is 0. The van der Waals surface area contributed by atoms with Crippen LogP contribution in [0.5, 0.6) is 11.5 Å². The van der Waals surface area contributed by atoms with Crippen LogP contribution in [0.25, 0.3) is 0 Å². The topological polar surface area (TPSA) is 120 Å². The third-order valence-electron chi connectivity index (χ3n) is 11.2. The summed E-state index contributed by atoms with van der Waals surface area (Å²) < 4.78 is 84.8. The third-order valence-corrected chi connectivity index (χ3v) is 11.2. The predicted molar refractivity (Wildman–Crippen MR) is 221 cm³/mol. The number of methoxy groups -OCH3 is 2. The van der Waals surface area contributed by atoms with Gasteiger partial charge in [-0.2, -0.15) is 0 Å². The second-order valence-corrected chi connectivity index (χ2v) is 16.5. The Balaban J connectivity index is 1.17. The molecule has 1 unspecified atom stereocenters. The lowest BCUT2D eigenvalue weighted by molar-refractivity contribution is -0.345. The minimum absolute atomic E-state index is 0.0594. The molecule has 8 rings (SSSR count). The van der Waals surface area contributed by atoms with Gasteiger partial charge in [-0.15, -0.1) is 0 Å². The molecule has 0 bridgehead atoms. The molecule has 328 valence electrons. The van der Waals surface area contributed by atoms with E-state index in [2.05, 4.69) is 0 Å². The molecule has 0 spiro atoms. The maximum Gasteiger partial charge on any atom is 0.190 e. The highest BCUT2D eigenvalue weighted by molar-refractivity contribution is 5.44. The van der Waals surface area contributed by atoms with Crippen LogP contribution < -0.4 is 9.47 Å². The Morgan fingerprint density at radius 3 is 1.69 bits per heavy atom. The van der Waals surface area contributed by atoms with Crippen LogP contribution >= 0.6 is 0 Å². The molecule has 4 aromatic rings. The van der Waals surface area contributed by atoms with E-state index in [-0.39, 0.29) is 33.0 Å². The first kappa shape index (κ1) is 43.7. The fraction of sp³-hybridized carbons (Fsp3) is 0.500. The summed E-state index contributed by atoms with van der Waals surface area (Å²) in [7, 11) is 3.23. The third kappa shape index (κ3) is 10.6. The molecule has 0 amide bonds. The van der Waals surface area contributed by atoms with Crippen molar-refractivity contribution in [1.29, 1.82) is 0 Å². The molecular weight excluding hydrogens is 785 g/mol. The minimum atomic E-state index is -1.07. The smallest absolute Gasteiger partial charge is 0.190 e. The summed E-state index contributed by atoms with van der Waals surface area (Å²) in [6, 6.07) is 35.6. The molecule has 4 aromatic carbocycles. The zero-order valence-electron chi connectivity index (χ0n) is 35.7. The van der Waals surface area contributed by atoms with Crippen LogP contribution in [-0.2, 0) is 78.5 Å². The van der Waals surface area contributed by atoms with Crippen molar-refractivity contribution in [1.82, 2.24) is 0 Å². The Bertz CT molecular complexity index is 1940. The van der Waals surface area contributed by atoms with E-state index in [1.54, 1.807) is 14.2 Å². The number of hydrogen-bond acceptors (Lipinski definition) is 13. The van der Waals surface area contributed by atoms with Crippen LogP contribution in [0.15, 0.2) is 109 Å². The highest BCUT2D eigenvalue weighted by Gasteiger charge is 2.61. The van der Waals surface area contributed by atoms with Gasteiger partial charge >= 0.3 is 0 Å². The van der Waals surface area contributed by atoms with E-state index in [0.717, 1.165) is 16.7 Å². The quantitative estimate of drug-likeness (QED) is 0.101. The predicted octanol–water partition coefficient (Wildman–Crippen LogP) is 7.11. The van der Waals surface area contributed by atoms with Crippen LogP contribution in [0.4, 0.5) is 0 Å². The Labute approximate surface area is 358 Å². The molecular formula is C48H58O13. The zero-order valence-corrected chi connectivity index (χ0v) is 35.7. The SMILES string of the molecule is COc1cccc(OC)c1CO[C@H]1[C@H](O[C@H]2[C@@H]([C@H]3COC(C)(C)O3)OC3OC(C)(C)O[C@@H]32)O[C@H](COCc2ccccc2)[C@@H](OCc2ccccc2)[C@@H]1OCc1ccccc1. The average molecular weight is 843 g/mol. The van der Waals surface area contributed by atoms with Crippen LogP contribution in [0, 0.1) is 0 Å². The summed E-state index contributed by atoms with van der Waals surface area (Å²) in [5.41, 5.74) is 3.69. The lowest BCUT2D eigenvalue weighted by atomic mass is 9.97. The molecule has 61 heavy (non-hydrogen) atoms. The van der Waals surface area contributed by atoms with Crippen molar-refractivity contribution in [3.8, 4) is 11.5 Å². The highest BCUT2D eigenvalue weighted by Crippen LogP contribution is 2.44. The largest absolute Gasteiger partial charge is 0.496 e.